The summed E-state index contributed by atoms with van der Waals surface area (Å²) >= 11 is 1.60. The minimum absolute atomic E-state index is 0.0958. The van der Waals surface area contributed by atoms with Crippen molar-refractivity contribution in [1.82, 2.24) is 15.5 Å². The summed E-state index contributed by atoms with van der Waals surface area (Å²) in [5.74, 6) is 2.81. The molecule has 2 N–H and O–H groups in total. The van der Waals surface area contributed by atoms with Crippen molar-refractivity contribution < 1.29 is 19.1 Å². The summed E-state index contributed by atoms with van der Waals surface area (Å²) in [6.45, 7) is 7.86. The van der Waals surface area contributed by atoms with Gasteiger partial charge >= 0.3 is 6.09 Å². The first-order chi connectivity index (χ1) is 18.6. The highest BCUT2D eigenvalue weighted by molar-refractivity contribution is 7.98. The number of thioether (sulfide) groups is 1. The van der Waals surface area contributed by atoms with Crippen molar-refractivity contribution in [1.29, 1.82) is 0 Å². The lowest BCUT2D eigenvalue weighted by Gasteiger charge is -2.36. The highest BCUT2D eigenvalue weighted by Gasteiger charge is 2.36. The molecule has 1 aromatic rings. The lowest BCUT2D eigenvalue weighted by atomic mass is 9.94. The Morgan fingerprint density at radius 1 is 1.13 bits per heavy atom. The number of unbranched alkanes of at least 4 members (excludes halogenated alkanes) is 2. The molecule has 7 nitrogen and oxygen atoms in total. The van der Waals surface area contributed by atoms with Gasteiger partial charge in [0.15, 0.2) is 0 Å². The highest BCUT2D eigenvalue weighted by Crippen LogP contribution is 2.26. The minimum Gasteiger partial charge on any atom is -0.444 e. The number of benzene rings is 1. The van der Waals surface area contributed by atoms with E-state index in [0.717, 1.165) is 44.9 Å². The molecular formula is C31H47N3O4S. The number of ether oxygens (including phenoxy) is 1. The van der Waals surface area contributed by atoms with Crippen LogP contribution in [0.2, 0.25) is 0 Å². The molecule has 0 aliphatic heterocycles. The molecule has 0 radical (unpaired) electrons. The summed E-state index contributed by atoms with van der Waals surface area (Å²) in [7, 11) is 0. The van der Waals surface area contributed by atoms with Gasteiger partial charge in [0.2, 0.25) is 11.8 Å². The zero-order chi connectivity index (χ0) is 28.8. The molecule has 216 valence electrons. The lowest BCUT2D eigenvalue weighted by Crippen LogP contribution is -2.54. The van der Waals surface area contributed by atoms with E-state index >= 15 is 0 Å². The topological polar surface area (TPSA) is 87.7 Å². The predicted molar refractivity (Wildman–Crippen MR) is 160 cm³/mol. The van der Waals surface area contributed by atoms with Crippen molar-refractivity contribution in [2.75, 3.05) is 18.6 Å². The molecule has 3 amide bonds. The molecule has 8 heteroatoms. The molecule has 0 bridgehead atoms. The van der Waals surface area contributed by atoms with Crippen LogP contribution in [-0.4, -0.2) is 59.0 Å². The van der Waals surface area contributed by atoms with Gasteiger partial charge in [0, 0.05) is 18.2 Å². The zero-order valence-electron chi connectivity index (χ0n) is 24.4. The number of nitrogens with zero attached hydrogens (tertiary/aromatic N) is 1. The predicted octanol–water partition coefficient (Wildman–Crippen LogP) is 5.82. The van der Waals surface area contributed by atoms with Gasteiger partial charge in [-0.2, -0.15) is 11.8 Å². The maximum absolute atomic E-state index is 14.2. The van der Waals surface area contributed by atoms with Crippen LogP contribution >= 0.6 is 11.8 Å². The van der Waals surface area contributed by atoms with E-state index < -0.39 is 23.8 Å². The third kappa shape index (κ3) is 11.2. The van der Waals surface area contributed by atoms with E-state index in [9.17, 15) is 14.4 Å². The molecule has 39 heavy (non-hydrogen) atoms. The number of carbonyl (C=O) groups excluding carboxylic acids is 3. The fraction of sp³-hybridized carbons (Fsp3) is 0.645. The fourth-order valence-electron chi connectivity index (χ4n) is 4.80. The Balaban J connectivity index is 2.46. The first-order valence-electron chi connectivity index (χ1n) is 14.3. The molecule has 0 heterocycles. The highest BCUT2D eigenvalue weighted by atomic mass is 32.2. The van der Waals surface area contributed by atoms with Crippen molar-refractivity contribution in [3.05, 3.63) is 35.4 Å². The number of carbonyl (C=O) groups is 3. The molecule has 0 spiro atoms. The fourth-order valence-corrected chi connectivity index (χ4v) is 5.27. The van der Waals surface area contributed by atoms with Crippen molar-refractivity contribution in [2.45, 2.75) is 109 Å². The van der Waals surface area contributed by atoms with Crippen LogP contribution in [0.3, 0.4) is 0 Å². The Bertz CT molecular complexity index is 962. The van der Waals surface area contributed by atoms with Crippen molar-refractivity contribution >= 4 is 29.7 Å². The third-order valence-corrected chi connectivity index (χ3v) is 7.43. The summed E-state index contributed by atoms with van der Waals surface area (Å²) in [5, 5.41) is 6.04. The number of terminal acetylenes is 1. The number of nitrogens with one attached hydrogen (secondary N) is 2. The number of hydrogen-bond acceptors (Lipinski definition) is 5. The molecular weight excluding hydrogens is 510 g/mol. The lowest BCUT2D eigenvalue weighted by molar-refractivity contribution is -0.143. The Hall–Kier alpha value is -2.66. The molecule has 0 saturated heterocycles. The van der Waals surface area contributed by atoms with Crippen LogP contribution in [0.15, 0.2) is 24.3 Å². The second kappa shape index (κ2) is 16.4. The van der Waals surface area contributed by atoms with Gasteiger partial charge in [-0.15, -0.1) is 6.42 Å². The summed E-state index contributed by atoms with van der Waals surface area (Å²) in [6.07, 6.45) is 15.2. The van der Waals surface area contributed by atoms with Gasteiger partial charge in [-0.1, -0.05) is 57.1 Å². The van der Waals surface area contributed by atoms with Gasteiger partial charge in [-0.05, 0) is 76.2 Å². The van der Waals surface area contributed by atoms with E-state index in [0.29, 0.717) is 29.8 Å². The third-order valence-electron chi connectivity index (χ3n) is 6.79. The van der Waals surface area contributed by atoms with Crippen LogP contribution in [0.1, 0.15) is 103 Å². The first-order valence-corrected chi connectivity index (χ1v) is 15.6. The number of rotatable bonds is 13. The molecule has 1 saturated carbocycles. The molecule has 0 aromatic heterocycles. The van der Waals surface area contributed by atoms with Crippen molar-refractivity contribution in [3.8, 4) is 12.3 Å². The molecule has 2 unspecified atom stereocenters. The second-order valence-corrected chi connectivity index (χ2v) is 12.2. The van der Waals surface area contributed by atoms with Gasteiger partial charge < -0.3 is 20.3 Å². The van der Waals surface area contributed by atoms with Crippen LogP contribution in [-0.2, 0) is 14.3 Å². The quantitative estimate of drug-likeness (QED) is 0.236. The average Bonchev–Trinajstić information content (AvgIpc) is 2.90. The van der Waals surface area contributed by atoms with Crippen molar-refractivity contribution in [3.63, 3.8) is 0 Å². The first kappa shape index (κ1) is 32.6. The van der Waals surface area contributed by atoms with Gasteiger partial charge in [-0.25, -0.2) is 4.79 Å². The van der Waals surface area contributed by atoms with Gasteiger partial charge in [0.05, 0.1) is 0 Å². The maximum Gasteiger partial charge on any atom is 0.408 e. The smallest absolute Gasteiger partial charge is 0.408 e. The Kier molecular flexibility index (Phi) is 13.7. The van der Waals surface area contributed by atoms with E-state index in [4.69, 9.17) is 11.2 Å². The molecule has 1 aliphatic rings. The monoisotopic (exact) mass is 557 g/mol. The Morgan fingerprint density at radius 3 is 2.36 bits per heavy atom. The normalized spacial score (nSPS) is 15.5. The minimum atomic E-state index is -0.833. The number of alkyl carbamates (subject to hydrolysis) is 1. The van der Waals surface area contributed by atoms with E-state index in [-0.39, 0.29) is 17.9 Å². The largest absolute Gasteiger partial charge is 0.444 e. The van der Waals surface area contributed by atoms with E-state index in [1.165, 1.54) is 6.42 Å². The second-order valence-electron chi connectivity index (χ2n) is 11.2. The summed E-state index contributed by atoms with van der Waals surface area (Å²) in [4.78, 5) is 42.5. The van der Waals surface area contributed by atoms with E-state index in [1.807, 2.05) is 18.4 Å². The van der Waals surface area contributed by atoms with Gasteiger partial charge in [0.25, 0.3) is 0 Å². The van der Waals surface area contributed by atoms with Crippen LogP contribution in [0.4, 0.5) is 4.79 Å². The Labute approximate surface area is 239 Å². The molecule has 1 fully saturated rings. The van der Waals surface area contributed by atoms with E-state index in [2.05, 4.69) is 23.5 Å². The molecule has 1 aromatic carbocycles. The van der Waals surface area contributed by atoms with Gasteiger partial charge in [-0.3, -0.25) is 9.59 Å². The molecule has 2 rings (SSSR count). The van der Waals surface area contributed by atoms with E-state index in [1.54, 1.807) is 49.6 Å². The SMILES string of the molecule is C#Cc1ccc(C(C(=O)NC2CCCCC2)N(CCCCC)C(=O)C(CCSC)NC(=O)OC(C)(C)C)cc1. The van der Waals surface area contributed by atoms with Crippen molar-refractivity contribution in [2.24, 2.45) is 0 Å². The zero-order valence-corrected chi connectivity index (χ0v) is 25.2. The average molecular weight is 558 g/mol. The van der Waals surface area contributed by atoms with Crippen LogP contribution in [0, 0.1) is 12.3 Å². The molecule has 1 aliphatic carbocycles. The standard InChI is InChI=1S/C31H47N3O4S/c1-7-9-13-21-34(29(36)26(20-22-39-6)33-30(37)38-31(3,4)5)27(24-18-16-23(8-2)17-19-24)28(35)32-25-14-11-10-12-15-25/h2,16-19,25-27H,7,9-15,20-22H2,1,3-6H3,(H,32,35)(H,33,37). The Morgan fingerprint density at radius 2 is 1.79 bits per heavy atom. The number of amides is 3. The summed E-state index contributed by atoms with van der Waals surface area (Å²) in [6, 6.07) is 5.71. The maximum atomic E-state index is 14.2. The summed E-state index contributed by atoms with van der Waals surface area (Å²) in [5.41, 5.74) is 0.714. The summed E-state index contributed by atoms with van der Waals surface area (Å²) < 4.78 is 5.47. The van der Waals surface area contributed by atoms with Crippen LogP contribution in [0.5, 0.6) is 0 Å². The van der Waals surface area contributed by atoms with Crippen LogP contribution < -0.4 is 10.6 Å². The van der Waals surface area contributed by atoms with Gasteiger partial charge in [0.1, 0.15) is 17.7 Å². The molecule has 2 atom stereocenters. The van der Waals surface area contributed by atoms with Crippen LogP contribution in [0.25, 0.3) is 0 Å². The number of hydrogen-bond donors (Lipinski definition) is 2.